The normalized spacial score (nSPS) is 18.9. The van der Waals surface area contributed by atoms with Crippen molar-refractivity contribution in [1.82, 2.24) is 5.32 Å². The molecule has 2 amide bonds. The number of nitrogens with one attached hydrogen (secondary N) is 1. The van der Waals surface area contributed by atoms with Crippen molar-refractivity contribution in [2.45, 2.75) is 18.6 Å². The maximum atomic E-state index is 12.6. The molecule has 1 aromatic rings. The highest BCUT2D eigenvalue weighted by Gasteiger charge is 2.32. The standard InChI is InChI=1S/C12H14F3N3O/c1-18-6-9(17-11(16)19)4-7-2-3-8(5-10(7)18)12(13,14)15/h2-3,5,9H,4,6H2,1H3,(H3,16,17,19). The number of hydrogen-bond acceptors (Lipinski definition) is 2. The summed E-state index contributed by atoms with van der Waals surface area (Å²) < 4.78 is 37.9. The summed E-state index contributed by atoms with van der Waals surface area (Å²) >= 11 is 0. The smallest absolute Gasteiger partial charge is 0.372 e. The zero-order chi connectivity index (χ0) is 14.2. The van der Waals surface area contributed by atoms with Crippen LogP contribution in [0.5, 0.6) is 0 Å². The van der Waals surface area contributed by atoms with Crippen molar-refractivity contribution in [1.29, 1.82) is 0 Å². The molecule has 2 rings (SSSR count). The predicted octanol–water partition coefficient (Wildman–Crippen LogP) is 1.73. The van der Waals surface area contributed by atoms with Crippen molar-refractivity contribution in [3.63, 3.8) is 0 Å². The molecule has 104 valence electrons. The van der Waals surface area contributed by atoms with Gasteiger partial charge in [-0.3, -0.25) is 0 Å². The number of rotatable bonds is 1. The predicted molar refractivity (Wildman–Crippen MR) is 64.9 cm³/mol. The van der Waals surface area contributed by atoms with Gasteiger partial charge in [0.15, 0.2) is 0 Å². The summed E-state index contributed by atoms with van der Waals surface area (Å²) in [6.07, 6.45) is -3.88. The Kier molecular flexibility index (Phi) is 3.30. The number of fused-ring (bicyclic) bond motifs is 1. The Morgan fingerprint density at radius 3 is 2.74 bits per heavy atom. The number of halogens is 3. The van der Waals surface area contributed by atoms with Gasteiger partial charge in [-0.2, -0.15) is 13.2 Å². The fraction of sp³-hybridized carbons (Fsp3) is 0.417. The third-order valence-corrected chi connectivity index (χ3v) is 3.13. The summed E-state index contributed by atoms with van der Waals surface area (Å²) in [6.45, 7) is 0.428. The van der Waals surface area contributed by atoms with Crippen molar-refractivity contribution in [3.8, 4) is 0 Å². The van der Waals surface area contributed by atoms with Crippen LogP contribution in [0.3, 0.4) is 0 Å². The van der Waals surface area contributed by atoms with Crippen LogP contribution in [0.25, 0.3) is 0 Å². The van der Waals surface area contributed by atoms with Crippen LogP contribution >= 0.6 is 0 Å². The zero-order valence-corrected chi connectivity index (χ0v) is 10.3. The van der Waals surface area contributed by atoms with Gasteiger partial charge in [-0.15, -0.1) is 0 Å². The summed E-state index contributed by atoms with van der Waals surface area (Å²) in [5.74, 6) is 0. The van der Waals surface area contributed by atoms with E-state index in [0.29, 0.717) is 18.7 Å². The number of nitrogens with two attached hydrogens (primary N) is 1. The molecular formula is C12H14F3N3O. The highest BCUT2D eigenvalue weighted by molar-refractivity contribution is 5.72. The lowest BCUT2D eigenvalue weighted by Gasteiger charge is -2.34. The Hall–Kier alpha value is -1.92. The van der Waals surface area contributed by atoms with Gasteiger partial charge in [0, 0.05) is 19.3 Å². The Labute approximate surface area is 108 Å². The number of anilines is 1. The molecule has 0 aromatic heterocycles. The van der Waals surface area contributed by atoms with Gasteiger partial charge in [0.2, 0.25) is 0 Å². The second-order valence-corrected chi connectivity index (χ2v) is 4.63. The number of amides is 2. The molecule has 7 heteroatoms. The first-order valence-electron chi connectivity index (χ1n) is 5.74. The Morgan fingerprint density at radius 2 is 2.16 bits per heavy atom. The molecule has 3 N–H and O–H groups in total. The first-order valence-corrected chi connectivity index (χ1v) is 5.74. The van der Waals surface area contributed by atoms with E-state index in [1.807, 2.05) is 0 Å². The summed E-state index contributed by atoms with van der Waals surface area (Å²) in [5, 5.41) is 2.57. The number of primary amides is 1. The molecule has 1 aliphatic rings. The van der Waals surface area contributed by atoms with Crippen molar-refractivity contribution in [2.75, 3.05) is 18.5 Å². The molecule has 1 aliphatic heterocycles. The summed E-state index contributed by atoms with van der Waals surface area (Å²) in [5.41, 5.74) is 5.69. The van der Waals surface area contributed by atoms with Gasteiger partial charge in [-0.25, -0.2) is 4.79 Å². The Bertz CT molecular complexity index is 501. The minimum Gasteiger partial charge on any atom is -0.372 e. The highest BCUT2D eigenvalue weighted by atomic mass is 19.4. The maximum absolute atomic E-state index is 12.6. The van der Waals surface area contributed by atoms with Crippen LogP contribution in [0, 0.1) is 0 Å². The van der Waals surface area contributed by atoms with Crippen LogP contribution in [0.15, 0.2) is 18.2 Å². The number of carbonyl (C=O) groups is 1. The minimum absolute atomic E-state index is 0.188. The van der Waals surface area contributed by atoms with Crippen LogP contribution < -0.4 is 16.0 Å². The summed E-state index contributed by atoms with van der Waals surface area (Å²) in [6, 6.07) is 2.82. The van der Waals surface area contributed by atoms with E-state index in [9.17, 15) is 18.0 Å². The topological polar surface area (TPSA) is 58.4 Å². The first kappa shape index (κ1) is 13.5. The van der Waals surface area contributed by atoms with Gasteiger partial charge >= 0.3 is 12.2 Å². The number of carbonyl (C=O) groups excluding carboxylic acids is 1. The van der Waals surface area contributed by atoms with Crippen LogP contribution in [0.2, 0.25) is 0 Å². The lowest BCUT2D eigenvalue weighted by molar-refractivity contribution is -0.137. The number of likely N-dealkylation sites (N-methyl/N-ethyl adjacent to an activating group) is 1. The molecule has 0 radical (unpaired) electrons. The van der Waals surface area contributed by atoms with Crippen molar-refractivity contribution in [3.05, 3.63) is 29.3 Å². The summed E-state index contributed by atoms with van der Waals surface area (Å²) in [4.78, 5) is 12.5. The molecule has 1 atom stereocenters. The Morgan fingerprint density at radius 1 is 1.47 bits per heavy atom. The molecule has 0 aliphatic carbocycles. The number of urea groups is 1. The third kappa shape index (κ3) is 2.91. The third-order valence-electron chi connectivity index (χ3n) is 3.13. The van der Waals surface area contributed by atoms with E-state index in [1.54, 1.807) is 11.9 Å². The molecule has 19 heavy (non-hydrogen) atoms. The number of benzene rings is 1. The quantitative estimate of drug-likeness (QED) is 0.818. The number of nitrogens with zero attached hydrogens (tertiary/aromatic N) is 1. The molecule has 0 saturated carbocycles. The lowest BCUT2D eigenvalue weighted by atomic mass is 9.96. The monoisotopic (exact) mass is 273 g/mol. The Balaban J connectivity index is 2.28. The van der Waals surface area contributed by atoms with E-state index in [2.05, 4.69) is 5.32 Å². The van der Waals surface area contributed by atoms with E-state index < -0.39 is 17.8 Å². The van der Waals surface area contributed by atoms with Gasteiger partial charge in [0.25, 0.3) is 0 Å². The van der Waals surface area contributed by atoms with Gasteiger partial charge in [0.1, 0.15) is 0 Å². The molecule has 0 fully saturated rings. The van der Waals surface area contributed by atoms with Crippen molar-refractivity contribution in [2.24, 2.45) is 5.73 Å². The zero-order valence-electron chi connectivity index (χ0n) is 10.3. The van der Waals surface area contributed by atoms with Crippen molar-refractivity contribution >= 4 is 11.7 Å². The molecule has 1 heterocycles. The fourth-order valence-electron chi connectivity index (χ4n) is 2.32. The van der Waals surface area contributed by atoms with Crippen molar-refractivity contribution < 1.29 is 18.0 Å². The largest absolute Gasteiger partial charge is 0.416 e. The average Bonchev–Trinajstić information content (AvgIpc) is 2.26. The van der Waals surface area contributed by atoms with E-state index in [1.165, 1.54) is 6.07 Å². The highest BCUT2D eigenvalue weighted by Crippen LogP contribution is 2.35. The van der Waals surface area contributed by atoms with Crippen LogP contribution in [0.1, 0.15) is 11.1 Å². The molecule has 4 nitrogen and oxygen atoms in total. The van der Waals surface area contributed by atoms with Gasteiger partial charge in [-0.1, -0.05) is 6.07 Å². The van der Waals surface area contributed by atoms with Gasteiger partial charge in [-0.05, 0) is 24.1 Å². The van der Waals surface area contributed by atoms with E-state index in [0.717, 1.165) is 17.7 Å². The van der Waals surface area contributed by atoms with Crippen LogP contribution in [0.4, 0.5) is 23.7 Å². The maximum Gasteiger partial charge on any atom is 0.416 e. The minimum atomic E-state index is -4.35. The molecule has 0 bridgehead atoms. The number of alkyl halides is 3. The van der Waals surface area contributed by atoms with E-state index >= 15 is 0 Å². The van der Waals surface area contributed by atoms with Crippen LogP contribution in [-0.4, -0.2) is 25.7 Å². The fourth-order valence-corrected chi connectivity index (χ4v) is 2.32. The van der Waals surface area contributed by atoms with E-state index in [-0.39, 0.29) is 6.04 Å². The van der Waals surface area contributed by atoms with Gasteiger partial charge < -0.3 is 16.0 Å². The van der Waals surface area contributed by atoms with Crippen LogP contribution in [-0.2, 0) is 12.6 Å². The van der Waals surface area contributed by atoms with Gasteiger partial charge in [0.05, 0.1) is 11.6 Å². The second kappa shape index (κ2) is 4.64. The molecule has 1 unspecified atom stereocenters. The SMILES string of the molecule is CN1CC(NC(N)=O)Cc2ccc(C(F)(F)F)cc21. The summed E-state index contributed by atoms with van der Waals surface area (Å²) in [7, 11) is 1.69. The second-order valence-electron chi connectivity index (χ2n) is 4.63. The molecular weight excluding hydrogens is 259 g/mol. The average molecular weight is 273 g/mol. The lowest BCUT2D eigenvalue weighted by Crippen LogP contribution is -2.48. The van der Waals surface area contributed by atoms with E-state index in [4.69, 9.17) is 5.73 Å². The first-order chi connectivity index (χ1) is 8.77. The molecule has 0 spiro atoms. The molecule has 1 aromatic carbocycles. The molecule has 0 saturated heterocycles. The number of hydrogen-bond donors (Lipinski definition) is 2.